The minimum absolute atomic E-state index is 0.627. The zero-order valence-corrected chi connectivity index (χ0v) is 9.13. The van der Waals surface area contributed by atoms with Gasteiger partial charge in [0, 0.05) is 5.56 Å². The molecule has 1 aromatic heterocycles. The van der Waals surface area contributed by atoms with E-state index in [2.05, 4.69) is 17.4 Å². The van der Waals surface area contributed by atoms with Crippen LogP contribution in [0.5, 0.6) is 0 Å². The first kappa shape index (κ1) is 9.71. The predicted octanol–water partition coefficient (Wildman–Crippen LogP) is 2.00. The number of hydrogen-bond donors (Lipinski definition) is 1. The standard InChI is InChI=1S/C11H18N2O/c1-7-6-12-5-4-10(7)11-8(2)13-14-9(11)3/h7,10,12H,4-6H2,1-3H3. The Bertz CT molecular complexity index is 300. The third-order valence-electron chi connectivity index (χ3n) is 3.24. The fourth-order valence-electron chi connectivity index (χ4n) is 2.46. The first-order valence-electron chi connectivity index (χ1n) is 5.33. The number of nitrogens with zero attached hydrogens (tertiary/aromatic N) is 1. The summed E-state index contributed by atoms with van der Waals surface area (Å²) in [6, 6.07) is 0. The molecule has 1 aromatic rings. The van der Waals surface area contributed by atoms with Gasteiger partial charge in [0.1, 0.15) is 5.76 Å². The van der Waals surface area contributed by atoms with Gasteiger partial charge in [0.05, 0.1) is 5.69 Å². The average Bonchev–Trinajstić information content (AvgIpc) is 2.48. The number of piperidine rings is 1. The quantitative estimate of drug-likeness (QED) is 0.743. The Hall–Kier alpha value is -0.830. The number of nitrogens with one attached hydrogen (secondary N) is 1. The summed E-state index contributed by atoms with van der Waals surface area (Å²) in [4.78, 5) is 0. The monoisotopic (exact) mass is 194 g/mol. The number of aromatic nitrogens is 1. The van der Waals surface area contributed by atoms with Crippen LogP contribution >= 0.6 is 0 Å². The topological polar surface area (TPSA) is 38.1 Å². The zero-order chi connectivity index (χ0) is 10.1. The Balaban J connectivity index is 2.28. The molecule has 1 N–H and O–H groups in total. The van der Waals surface area contributed by atoms with Gasteiger partial charge in [-0.25, -0.2) is 0 Å². The van der Waals surface area contributed by atoms with Crippen LogP contribution in [0.3, 0.4) is 0 Å². The van der Waals surface area contributed by atoms with E-state index >= 15 is 0 Å². The van der Waals surface area contributed by atoms with Crippen molar-refractivity contribution in [2.45, 2.75) is 33.1 Å². The Morgan fingerprint density at radius 2 is 2.21 bits per heavy atom. The van der Waals surface area contributed by atoms with Gasteiger partial charge in [-0.3, -0.25) is 0 Å². The molecule has 1 aliphatic heterocycles. The van der Waals surface area contributed by atoms with Crippen LogP contribution in [0, 0.1) is 19.8 Å². The minimum atomic E-state index is 0.627. The number of rotatable bonds is 1. The van der Waals surface area contributed by atoms with Crippen molar-refractivity contribution >= 4 is 0 Å². The van der Waals surface area contributed by atoms with Crippen LogP contribution in [0.1, 0.15) is 36.3 Å². The number of aryl methyl sites for hydroxylation is 2. The summed E-state index contributed by atoms with van der Waals surface area (Å²) in [6.45, 7) is 8.57. The van der Waals surface area contributed by atoms with Gasteiger partial charge < -0.3 is 9.84 Å². The smallest absolute Gasteiger partial charge is 0.137 e. The van der Waals surface area contributed by atoms with E-state index in [1.807, 2.05) is 13.8 Å². The molecule has 2 rings (SSSR count). The Morgan fingerprint density at radius 1 is 1.43 bits per heavy atom. The molecule has 0 radical (unpaired) electrons. The van der Waals surface area contributed by atoms with Gasteiger partial charge >= 0.3 is 0 Å². The van der Waals surface area contributed by atoms with Crippen molar-refractivity contribution in [3.63, 3.8) is 0 Å². The van der Waals surface area contributed by atoms with E-state index in [9.17, 15) is 0 Å². The molecule has 3 nitrogen and oxygen atoms in total. The maximum atomic E-state index is 5.23. The summed E-state index contributed by atoms with van der Waals surface area (Å²) >= 11 is 0. The fraction of sp³-hybridized carbons (Fsp3) is 0.727. The average molecular weight is 194 g/mol. The second kappa shape index (κ2) is 3.73. The fourth-order valence-corrected chi connectivity index (χ4v) is 2.46. The highest BCUT2D eigenvalue weighted by Crippen LogP contribution is 2.33. The molecule has 2 unspecified atom stereocenters. The molecular weight excluding hydrogens is 176 g/mol. The van der Waals surface area contributed by atoms with E-state index in [0.29, 0.717) is 11.8 Å². The molecule has 3 heteroatoms. The van der Waals surface area contributed by atoms with Gasteiger partial charge in [-0.15, -0.1) is 0 Å². The summed E-state index contributed by atoms with van der Waals surface area (Å²) in [7, 11) is 0. The van der Waals surface area contributed by atoms with Crippen molar-refractivity contribution in [1.82, 2.24) is 10.5 Å². The van der Waals surface area contributed by atoms with E-state index in [1.54, 1.807) is 0 Å². The van der Waals surface area contributed by atoms with Crippen molar-refractivity contribution in [3.05, 3.63) is 17.0 Å². The van der Waals surface area contributed by atoms with Crippen molar-refractivity contribution in [1.29, 1.82) is 0 Å². The largest absolute Gasteiger partial charge is 0.361 e. The molecule has 1 aliphatic rings. The molecule has 14 heavy (non-hydrogen) atoms. The highest BCUT2D eigenvalue weighted by atomic mass is 16.5. The molecule has 0 bridgehead atoms. The lowest BCUT2D eigenvalue weighted by Gasteiger charge is -2.29. The lowest BCUT2D eigenvalue weighted by atomic mass is 9.81. The first-order valence-corrected chi connectivity index (χ1v) is 5.33. The first-order chi connectivity index (χ1) is 6.70. The highest BCUT2D eigenvalue weighted by Gasteiger charge is 2.27. The van der Waals surface area contributed by atoms with Crippen molar-refractivity contribution in [3.8, 4) is 0 Å². The van der Waals surface area contributed by atoms with Crippen molar-refractivity contribution in [2.75, 3.05) is 13.1 Å². The molecule has 0 spiro atoms. The molecule has 0 amide bonds. The highest BCUT2D eigenvalue weighted by molar-refractivity contribution is 5.26. The van der Waals surface area contributed by atoms with Crippen LogP contribution in [0.25, 0.3) is 0 Å². The van der Waals surface area contributed by atoms with Gasteiger partial charge in [0.15, 0.2) is 0 Å². The summed E-state index contributed by atoms with van der Waals surface area (Å²) < 4.78 is 5.23. The van der Waals surface area contributed by atoms with Gasteiger partial charge in [-0.1, -0.05) is 12.1 Å². The normalized spacial score (nSPS) is 27.9. The third kappa shape index (κ3) is 1.57. The zero-order valence-electron chi connectivity index (χ0n) is 9.13. The minimum Gasteiger partial charge on any atom is -0.361 e. The summed E-state index contributed by atoms with van der Waals surface area (Å²) in [5.74, 6) is 2.31. The second-order valence-electron chi connectivity index (χ2n) is 4.31. The molecule has 1 fully saturated rings. The molecule has 1 saturated heterocycles. The van der Waals surface area contributed by atoms with Crippen LogP contribution < -0.4 is 5.32 Å². The molecule has 2 atom stereocenters. The lowest BCUT2D eigenvalue weighted by molar-refractivity contribution is 0.342. The van der Waals surface area contributed by atoms with Crippen LogP contribution in [-0.4, -0.2) is 18.2 Å². The van der Waals surface area contributed by atoms with Gasteiger partial charge in [-0.2, -0.15) is 0 Å². The number of hydrogen-bond acceptors (Lipinski definition) is 3. The second-order valence-corrected chi connectivity index (χ2v) is 4.31. The van der Waals surface area contributed by atoms with E-state index in [4.69, 9.17) is 4.52 Å². The van der Waals surface area contributed by atoms with E-state index in [0.717, 1.165) is 24.5 Å². The summed E-state index contributed by atoms with van der Waals surface area (Å²) in [5.41, 5.74) is 2.42. The third-order valence-corrected chi connectivity index (χ3v) is 3.24. The van der Waals surface area contributed by atoms with Gasteiger partial charge in [-0.05, 0) is 45.2 Å². The van der Waals surface area contributed by atoms with Gasteiger partial charge in [0.2, 0.25) is 0 Å². The van der Waals surface area contributed by atoms with E-state index in [-0.39, 0.29) is 0 Å². The molecular formula is C11H18N2O. The van der Waals surface area contributed by atoms with Crippen molar-refractivity contribution in [2.24, 2.45) is 5.92 Å². The Kier molecular flexibility index (Phi) is 2.59. The van der Waals surface area contributed by atoms with E-state index in [1.165, 1.54) is 12.0 Å². The molecule has 78 valence electrons. The SMILES string of the molecule is Cc1noc(C)c1C1CCNCC1C. The maximum Gasteiger partial charge on any atom is 0.137 e. The van der Waals surface area contributed by atoms with Crippen LogP contribution in [0.4, 0.5) is 0 Å². The molecule has 0 aliphatic carbocycles. The van der Waals surface area contributed by atoms with Crippen LogP contribution in [0.2, 0.25) is 0 Å². The van der Waals surface area contributed by atoms with Crippen LogP contribution in [0.15, 0.2) is 4.52 Å². The predicted molar refractivity (Wildman–Crippen MR) is 55.4 cm³/mol. The Morgan fingerprint density at radius 3 is 2.79 bits per heavy atom. The van der Waals surface area contributed by atoms with Crippen LogP contribution in [-0.2, 0) is 0 Å². The van der Waals surface area contributed by atoms with E-state index < -0.39 is 0 Å². The summed E-state index contributed by atoms with van der Waals surface area (Å²) in [5, 5.41) is 7.44. The van der Waals surface area contributed by atoms with Crippen molar-refractivity contribution < 1.29 is 4.52 Å². The molecule has 0 saturated carbocycles. The summed E-state index contributed by atoms with van der Waals surface area (Å²) in [6.07, 6.45) is 1.20. The molecule has 0 aromatic carbocycles. The Labute approximate surface area is 84.9 Å². The maximum absolute atomic E-state index is 5.23. The van der Waals surface area contributed by atoms with Gasteiger partial charge in [0.25, 0.3) is 0 Å². The molecule has 2 heterocycles. The lowest BCUT2D eigenvalue weighted by Crippen LogP contribution is -2.34.